The SMILES string of the molecule is CCOc1cc(C=Nn2c(C(C)(C)C)nc3ccc(Br)cc3c2=O)c(Br)c(Br)c1OCC(=O)Nc1cccc(F)c1. The molecule has 0 saturated carbocycles. The van der Waals surface area contributed by atoms with E-state index >= 15 is 0 Å². The van der Waals surface area contributed by atoms with Gasteiger partial charge in [0.1, 0.15) is 11.6 Å². The number of carbonyl (C=O) groups is 1. The van der Waals surface area contributed by atoms with Crippen LogP contribution in [0, 0.1) is 5.82 Å². The Morgan fingerprint density at radius 3 is 2.54 bits per heavy atom. The molecule has 214 valence electrons. The molecule has 12 heteroatoms. The third-order valence-electron chi connectivity index (χ3n) is 5.70. The van der Waals surface area contributed by atoms with Crippen LogP contribution in [0.5, 0.6) is 11.5 Å². The van der Waals surface area contributed by atoms with Gasteiger partial charge in [-0.05, 0) is 81.2 Å². The number of hydrogen-bond acceptors (Lipinski definition) is 6. The predicted octanol–water partition coefficient (Wildman–Crippen LogP) is 7.42. The maximum Gasteiger partial charge on any atom is 0.282 e. The van der Waals surface area contributed by atoms with Crippen LogP contribution in [0.15, 0.2) is 71.8 Å². The van der Waals surface area contributed by atoms with Crippen LogP contribution in [-0.4, -0.2) is 35.0 Å². The number of amides is 1. The summed E-state index contributed by atoms with van der Waals surface area (Å²) in [6.07, 6.45) is 1.53. The minimum atomic E-state index is -0.476. The van der Waals surface area contributed by atoms with Gasteiger partial charge >= 0.3 is 0 Å². The molecule has 0 bridgehead atoms. The summed E-state index contributed by atoms with van der Waals surface area (Å²) in [6.45, 7) is 7.68. The molecule has 0 aliphatic carbocycles. The van der Waals surface area contributed by atoms with E-state index in [1.807, 2.05) is 33.8 Å². The Balaban J connectivity index is 1.69. The van der Waals surface area contributed by atoms with Crippen LogP contribution in [0.3, 0.4) is 0 Å². The maximum absolute atomic E-state index is 13.5. The fourth-order valence-corrected chi connectivity index (χ4v) is 5.15. The topological polar surface area (TPSA) is 94.8 Å². The minimum Gasteiger partial charge on any atom is -0.490 e. The average molecular weight is 753 g/mol. The molecule has 0 fully saturated rings. The highest BCUT2D eigenvalue weighted by Gasteiger charge is 2.23. The predicted molar refractivity (Wildman–Crippen MR) is 169 cm³/mol. The molecule has 0 aliphatic rings. The maximum atomic E-state index is 13.5. The fourth-order valence-electron chi connectivity index (χ4n) is 3.86. The van der Waals surface area contributed by atoms with Gasteiger partial charge in [0, 0.05) is 25.6 Å². The largest absolute Gasteiger partial charge is 0.490 e. The van der Waals surface area contributed by atoms with Crippen LogP contribution < -0.4 is 20.3 Å². The molecule has 0 atom stereocenters. The van der Waals surface area contributed by atoms with Crippen molar-refractivity contribution in [3.8, 4) is 11.5 Å². The number of benzene rings is 3. The number of carbonyl (C=O) groups excluding carboxylic acids is 1. The van der Waals surface area contributed by atoms with Crippen molar-refractivity contribution < 1.29 is 18.7 Å². The summed E-state index contributed by atoms with van der Waals surface area (Å²) in [5.41, 5.74) is 0.700. The van der Waals surface area contributed by atoms with Gasteiger partial charge in [0.05, 0.1) is 28.2 Å². The Morgan fingerprint density at radius 1 is 1.10 bits per heavy atom. The van der Waals surface area contributed by atoms with Crippen LogP contribution in [0.1, 0.15) is 39.1 Å². The van der Waals surface area contributed by atoms with Crippen molar-refractivity contribution in [1.82, 2.24) is 9.66 Å². The Bertz CT molecular complexity index is 1720. The Hall–Kier alpha value is -3.09. The number of anilines is 1. The van der Waals surface area contributed by atoms with Gasteiger partial charge in [-0.3, -0.25) is 9.59 Å². The van der Waals surface area contributed by atoms with Crippen molar-refractivity contribution >= 4 is 76.5 Å². The standard InChI is InChI=1S/C29H26Br3FN4O4/c1-5-40-22-11-16(24(31)25(32)26(22)41-15-23(38)35-19-8-6-7-18(33)13-19)14-34-37-27(39)20-12-17(30)9-10-21(20)36-28(37)29(2,3)4/h6-14H,5,15H2,1-4H3,(H,35,38). The first-order valence-electron chi connectivity index (χ1n) is 12.5. The number of aromatic nitrogens is 2. The van der Waals surface area contributed by atoms with E-state index in [9.17, 15) is 14.0 Å². The van der Waals surface area contributed by atoms with Crippen molar-refractivity contribution in [2.75, 3.05) is 18.5 Å². The second-order valence-electron chi connectivity index (χ2n) is 9.91. The van der Waals surface area contributed by atoms with Crippen LogP contribution in [0.2, 0.25) is 0 Å². The van der Waals surface area contributed by atoms with E-state index in [1.165, 1.54) is 29.1 Å². The summed E-state index contributed by atoms with van der Waals surface area (Å²) in [7, 11) is 0. The van der Waals surface area contributed by atoms with Crippen LogP contribution in [-0.2, 0) is 10.2 Å². The second-order valence-corrected chi connectivity index (χ2v) is 12.4. The normalized spacial score (nSPS) is 11.7. The number of halogens is 4. The summed E-state index contributed by atoms with van der Waals surface area (Å²) < 4.78 is 28.2. The number of rotatable bonds is 8. The van der Waals surface area contributed by atoms with Gasteiger partial charge in [-0.1, -0.05) is 42.8 Å². The first-order chi connectivity index (χ1) is 19.4. The lowest BCUT2D eigenvalue weighted by Gasteiger charge is -2.21. The molecule has 0 aliphatic heterocycles. The van der Waals surface area contributed by atoms with Crippen LogP contribution in [0.25, 0.3) is 10.9 Å². The van der Waals surface area contributed by atoms with E-state index < -0.39 is 17.1 Å². The molecule has 8 nitrogen and oxygen atoms in total. The molecule has 0 unspecified atom stereocenters. The minimum absolute atomic E-state index is 0.287. The van der Waals surface area contributed by atoms with Crippen molar-refractivity contribution in [1.29, 1.82) is 0 Å². The molecule has 1 aromatic heterocycles. The Kier molecular flexibility index (Phi) is 9.66. The zero-order valence-electron chi connectivity index (χ0n) is 22.6. The van der Waals surface area contributed by atoms with Crippen molar-refractivity contribution in [3.05, 3.63) is 89.5 Å². The quantitative estimate of drug-likeness (QED) is 0.189. The highest BCUT2D eigenvalue weighted by Crippen LogP contribution is 2.42. The molecule has 0 radical (unpaired) electrons. The highest BCUT2D eigenvalue weighted by atomic mass is 79.9. The van der Waals surface area contributed by atoms with Gasteiger partial charge in [-0.25, -0.2) is 9.37 Å². The van der Waals surface area contributed by atoms with E-state index in [2.05, 4.69) is 58.2 Å². The van der Waals surface area contributed by atoms with E-state index in [0.717, 1.165) is 4.47 Å². The molecule has 0 saturated heterocycles. The third-order valence-corrected chi connectivity index (χ3v) is 8.34. The van der Waals surface area contributed by atoms with Gasteiger partial charge in [-0.2, -0.15) is 9.78 Å². The summed E-state index contributed by atoms with van der Waals surface area (Å²) in [6, 6.07) is 12.6. The van der Waals surface area contributed by atoms with Crippen LogP contribution in [0.4, 0.5) is 10.1 Å². The average Bonchev–Trinajstić information content (AvgIpc) is 2.90. The lowest BCUT2D eigenvalue weighted by atomic mass is 9.95. The van der Waals surface area contributed by atoms with Crippen molar-refractivity contribution in [2.45, 2.75) is 33.1 Å². The number of nitrogens with zero attached hydrogens (tertiary/aromatic N) is 3. The van der Waals surface area contributed by atoms with Crippen LogP contribution >= 0.6 is 47.8 Å². The summed E-state index contributed by atoms with van der Waals surface area (Å²) in [5.74, 6) is 0.200. The van der Waals surface area contributed by atoms with Crippen molar-refractivity contribution in [2.24, 2.45) is 5.10 Å². The van der Waals surface area contributed by atoms with Gasteiger partial charge in [0.15, 0.2) is 18.1 Å². The van der Waals surface area contributed by atoms with E-state index in [4.69, 9.17) is 14.5 Å². The lowest BCUT2D eigenvalue weighted by molar-refractivity contribution is -0.118. The molecule has 41 heavy (non-hydrogen) atoms. The summed E-state index contributed by atoms with van der Waals surface area (Å²) in [5, 5.41) is 7.57. The Labute approximate surface area is 261 Å². The molecular formula is C29H26Br3FN4O4. The molecular weight excluding hydrogens is 727 g/mol. The second kappa shape index (κ2) is 12.8. The number of ether oxygens (including phenoxy) is 2. The fraction of sp³-hybridized carbons (Fsp3) is 0.241. The molecule has 3 aromatic carbocycles. The molecule has 1 heterocycles. The molecule has 1 amide bonds. The van der Waals surface area contributed by atoms with Gasteiger partial charge in [0.25, 0.3) is 11.5 Å². The molecule has 0 spiro atoms. The monoisotopic (exact) mass is 750 g/mol. The number of hydrogen-bond donors (Lipinski definition) is 1. The molecule has 4 rings (SSSR count). The first-order valence-corrected chi connectivity index (χ1v) is 14.9. The lowest BCUT2D eigenvalue weighted by Crippen LogP contribution is -2.29. The smallest absolute Gasteiger partial charge is 0.282 e. The van der Waals surface area contributed by atoms with E-state index in [-0.39, 0.29) is 17.9 Å². The van der Waals surface area contributed by atoms with Gasteiger partial charge < -0.3 is 14.8 Å². The third kappa shape index (κ3) is 7.22. The zero-order valence-corrected chi connectivity index (χ0v) is 27.4. The zero-order chi connectivity index (χ0) is 29.9. The highest BCUT2D eigenvalue weighted by molar-refractivity contribution is 9.13. The van der Waals surface area contributed by atoms with Gasteiger partial charge in [0.2, 0.25) is 0 Å². The van der Waals surface area contributed by atoms with Crippen molar-refractivity contribution in [3.63, 3.8) is 0 Å². The first kappa shape index (κ1) is 30.9. The number of nitrogens with one attached hydrogen (secondary N) is 1. The molecule has 4 aromatic rings. The summed E-state index contributed by atoms with van der Waals surface area (Å²) in [4.78, 5) is 30.7. The molecule has 1 N–H and O–H groups in total. The Morgan fingerprint density at radius 2 is 1.85 bits per heavy atom. The van der Waals surface area contributed by atoms with E-state index in [0.29, 0.717) is 49.3 Å². The van der Waals surface area contributed by atoms with Gasteiger partial charge in [-0.15, -0.1) is 0 Å². The summed E-state index contributed by atoms with van der Waals surface area (Å²) >= 11 is 10.5. The number of fused-ring (bicyclic) bond motifs is 1. The van der Waals surface area contributed by atoms with E-state index in [1.54, 1.807) is 24.3 Å².